The van der Waals surface area contributed by atoms with Gasteiger partial charge in [0.2, 0.25) is 0 Å². The summed E-state index contributed by atoms with van der Waals surface area (Å²) in [6, 6.07) is 0. The van der Waals surface area contributed by atoms with Crippen LogP contribution < -0.4 is 0 Å². The van der Waals surface area contributed by atoms with Gasteiger partial charge in [-0.25, -0.2) is 0 Å². The molecule has 0 aliphatic rings. The number of hydrogen-bond acceptors (Lipinski definition) is 2. The fourth-order valence-corrected chi connectivity index (χ4v) is 1.44. The number of unbranched alkanes of at least 4 members (excludes halogenated alkanes) is 4. The topological polar surface area (TPSA) is 26.3 Å². The van der Waals surface area contributed by atoms with Crippen molar-refractivity contribution in [2.24, 2.45) is 0 Å². The Kier molecular flexibility index (Phi) is 11.7. The molecule has 0 heterocycles. The molecule has 94 valence electrons. The lowest BCUT2D eigenvalue weighted by molar-refractivity contribution is -0.143. The highest BCUT2D eigenvalue weighted by atomic mass is 16.5. The lowest BCUT2D eigenvalue weighted by atomic mass is 10.1. The lowest BCUT2D eigenvalue weighted by Crippen LogP contribution is -2.04. The van der Waals surface area contributed by atoms with Gasteiger partial charge in [0.05, 0.1) is 6.61 Å². The van der Waals surface area contributed by atoms with Gasteiger partial charge >= 0.3 is 5.97 Å². The molecule has 16 heavy (non-hydrogen) atoms. The van der Waals surface area contributed by atoms with E-state index in [1.54, 1.807) is 0 Å². The van der Waals surface area contributed by atoms with Crippen LogP contribution in [0.3, 0.4) is 0 Å². The number of ether oxygens (including phenoxy) is 1. The van der Waals surface area contributed by atoms with E-state index in [9.17, 15) is 4.79 Å². The van der Waals surface area contributed by atoms with E-state index >= 15 is 0 Å². The summed E-state index contributed by atoms with van der Waals surface area (Å²) in [7, 11) is 0. The minimum Gasteiger partial charge on any atom is -0.465 e. The highest BCUT2D eigenvalue weighted by molar-refractivity contribution is 5.69. The molecule has 0 spiro atoms. The highest BCUT2D eigenvalue weighted by Crippen LogP contribution is 2.03. The Morgan fingerprint density at radius 1 is 1.00 bits per heavy atom. The molecule has 0 fully saturated rings. The van der Waals surface area contributed by atoms with Crippen LogP contribution in [0.15, 0.2) is 12.2 Å². The van der Waals surface area contributed by atoms with Crippen LogP contribution in [0.4, 0.5) is 0 Å². The zero-order valence-corrected chi connectivity index (χ0v) is 10.8. The van der Waals surface area contributed by atoms with E-state index < -0.39 is 0 Å². The van der Waals surface area contributed by atoms with E-state index in [4.69, 9.17) is 4.74 Å². The van der Waals surface area contributed by atoms with Gasteiger partial charge in [-0.05, 0) is 25.7 Å². The van der Waals surface area contributed by atoms with E-state index in [2.05, 4.69) is 19.1 Å². The molecule has 2 nitrogen and oxygen atoms in total. The average Bonchev–Trinajstić information content (AvgIpc) is 2.27. The molecule has 0 aromatic rings. The normalized spacial score (nSPS) is 10.9. The van der Waals surface area contributed by atoms with Crippen molar-refractivity contribution in [2.45, 2.75) is 65.2 Å². The summed E-state index contributed by atoms with van der Waals surface area (Å²) in [6.07, 6.45) is 13.0. The van der Waals surface area contributed by atoms with Crippen LogP contribution in [-0.2, 0) is 9.53 Å². The first-order valence-corrected chi connectivity index (χ1v) is 6.61. The first-order valence-electron chi connectivity index (χ1n) is 6.61. The van der Waals surface area contributed by atoms with Crippen LogP contribution in [0.2, 0.25) is 0 Å². The molecule has 2 heteroatoms. The smallest absolute Gasteiger partial charge is 0.305 e. The van der Waals surface area contributed by atoms with Gasteiger partial charge in [0.15, 0.2) is 0 Å². The first kappa shape index (κ1) is 15.2. The van der Waals surface area contributed by atoms with E-state index in [1.807, 2.05) is 6.92 Å². The van der Waals surface area contributed by atoms with Crippen LogP contribution in [0.1, 0.15) is 65.2 Å². The molecule has 0 saturated heterocycles. The summed E-state index contributed by atoms with van der Waals surface area (Å²) >= 11 is 0. The molecule has 0 radical (unpaired) electrons. The Bertz CT molecular complexity index is 185. The third-order valence-electron chi connectivity index (χ3n) is 2.39. The third kappa shape index (κ3) is 11.3. The first-order chi connectivity index (χ1) is 7.81. The van der Waals surface area contributed by atoms with Gasteiger partial charge < -0.3 is 4.74 Å². The fourth-order valence-electron chi connectivity index (χ4n) is 1.44. The Balaban J connectivity index is 3.18. The van der Waals surface area contributed by atoms with Crippen LogP contribution >= 0.6 is 0 Å². The van der Waals surface area contributed by atoms with E-state index in [-0.39, 0.29) is 5.97 Å². The zero-order chi connectivity index (χ0) is 12.1. The number of carbonyl (C=O) groups is 1. The SMILES string of the molecule is CCCCCC/C=C\CCOC(=O)CCC. The molecule has 0 aliphatic carbocycles. The van der Waals surface area contributed by atoms with Crippen LogP contribution in [0, 0.1) is 0 Å². The molecule has 0 aromatic heterocycles. The average molecular weight is 226 g/mol. The summed E-state index contributed by atoms with van der Waals surface area (Å²) in [6.45, 7) is 4.74. The predicted molar refractivity (Wildman–Crippen MR) is 68.4 cm³/mol. The molecule has 0 N–H and O–H groups in total. The number of hydrogen-bond donors (Lipinski definition) is 0. The molecular weight excluding hydrogens is 200 g/mol. The standard InChI is InChI=1S/C14H26O2/c1-3-5-6-7-8-9-10-11-13-16-14(15)12-4-2/h9-10H,3-8,11-13H2,1-2H3/b10-9-. The van der Waals surface area contributed by atoms with Gasteiger partial charge in [-0.2, -0.15) is 0 Å². The number of rotatable bonds is 10. The number of allylic oxidation sites excluding steroid dienone is 1. The summed E-state index contributed by atoms with van der Waals surface area (Å²) in [5.74, 6) is -0.0705. The van der Waals surface area contributed by atoms with E-state index in [0.29, 0.717) is 13.0 Å². The van der Waals surface area contributed by atoms with Crippen LogP contribution in [-0.4, -0.2) is 12.6 Å². The van der Waals surface area contributed by atoms with Crippen molar-refractivity contribution in [1.82, 2.24) is 0 Å². The Labute approximate surface area is 100 Å². The van der Waals surface area contributed by atoms with Gasteiger partial charge in [-0.15, -0.1) is 0 Å². The summed E-state index contributed by atoms with van der Waals surface area (Å²) in [5.41, 5.74) is 0. The largest absolute Gasteiger partial charge is 0.465 e. The molecule has 0 amide bonds. The van der Waals surface area contributed by atoms with E-state index in [0.717, 1.165) is 19.3 Å². The monoisotopic (exact) mass is 226 g/mol. The highest BCUT2D eigenvalue weighted by Gasteiger charge is 1.97. The Morgan fingerprint density at radius 2 is 1.75 bits per heavy atom. The third-order valence-corrected chi connectivity index (χ3v) is 2.39. The van der Waals surface area contributed by atoms with Gasteiger partial charge in [0.1, 0.15) is 0 Å². The zero-order valence-electron chi connectivity index (χ0n) is 10.8. The van der Waals surface area contributed by atoms with Gasteiger partial charge in [-0.1, -0.05) is 45.3 Å². The second-order valence-electron chi connectivity index (χ2n) is 4.08. The summed E-state index contributed by atoms with van der Waals surface area (Å²) < 4.78 is 5.04. The van der Waals surface area contributed by atoms with Gasteiger partial charge in [0.25, 0.3) is 0 Å². The van der Waals surface area contributed by atoms with Crippen molar-refractivity contribution in [3.63, 3.8) is 0 Å². The predicted octanol–water partition coefficient (Wildman–Crippen LogP) is 4.25. The fraction of sp³-hybridized carbons (Fsp3) is 0.786. The quantitative estimate of drug-likeness (QED) is 0.316. The molecule has 0 atom stereocenters. The molecule has 0 rings (SSSR count). The molecule has 0 unspecified atom stereocenters. The molecule has 0 saturated carbocycles. The second-order valence-corrected chi connectivity index (χ2v) is 4.08. The van der Waals surface area contributed by atoms with Crippen molar-refractivity contribution in [1.29, 1.82) is 0 Å². The maximum atomic E-state index is 11.0. The minimum atomic E-state index is -0.0705. The molecule has 0 bridgehead atoms. The number of carbonyl (C=O) groups excluding carboxylic acids is 1. The summed E-state index contributed by atoms with van der Waals surface area (Å²) in [4.78, 5) is 11.0. The van der Waals surface area contributed by atoms with Crippen LogP contribution in [0.25, 0.3) is 0 Å². The Morgan fingerprint density at radius 3 is 2.44 bits per heavy atom. The molecular formula is C14H26O2. The van der Waals surface area contributed by atoms with Crippen molar-refractivity contribution in [3.8, 4) is 0 Å². The molecule has 0 aromatic carbocycles. The van der Waals surface area contributed by atoms with Crippen molar-refractivity contribution >= 4 is 5.97 Å². The minimum absolute atomic E-state index is 0.0705. The van der Waals surface area contributed by atoms with Crippen molar-refractivity contribution in [3.05, 3.63) is 12.2 Å². The lowest BCUT2D eigenvalue weighted by Gasteiger charge is -2.00. The summed E-state index contributed by atoms with van der Waals surface area (Å²) in [5, 5.41) is 0. The van der Waals surface area contributed by atoms with Gasteiger partial charge in [0, 0.05) is 6.42 Å². The Hall–Kier alpha value is -0.790. The second kappa shape index (κ2) is 12.3. The van der Waals surface area contributed by atoms with Crippen LogP contribution in [0.5, 0.6) is 0 Å². The maximum Gasteiger partial charge on any atom is 0.305 e. The van der Waals surface area contributed by atoms with Crippen molar-refractivity contribution in [2.75, 3.05) is 6.61 Å². The van der Waals surface area contributed by atoms with E-state index in [1.165, 1.54) is 25.7 Å². The van der Waals surface area contributed by atoms with Gasteiger partial charge in [-0.3, -0.25) is 4.79 Å². The maximum absolute atomic E-state index is 11.0. The molecule has 0 aliphatic heterocycles. The number of esters is 1. The van der Waals surface area contributed by atoms with Crippen molar-refractivity contribution < 1.29 is 9.53 Å².